The minimum absolute atomic E-state index is 0.110. The van der Waals surface area contributed by atoms with Crippen LogP contribution in [0.5, 0.6) is 0 Å². The summed E-state index contributed by atoms with van der Waals surface area (Å²) in [5.41, 5.74) is 4.99. The molecule has 2 aromatic rings. The molecule has 2 N–H and O–H groups in total. The van der Waals surface area contributed by atoms with Gasteiger partial charge in [-0.3, -0.25) is 4.68 Å². The van der Waals surface area contributed by atoms with Gasteiger partial charge in [-0.1, -0.05) is 11.8 Å². The molecule has 0 saturated carbocycles. The van der Waals surface area contributed by atoms with E-state index in [1.165, 1.54) is 17.8 Å². The molecule has 7 heteroatoms. The number of hydrogen-bond donors (Lipinski definition) is 1. The van der Waals surface area contributed by atoms with Gasteiger partial charge in [-0.15, -0.1) is 0 Å². The number of hydrogen-bond acceptors (Lipinski definition) is 3. The van der Waals surface area contributed by atoms with Gasteiger partial charge in [0.15, 0.2) is 0 Å². The SMILES string of the molecule is Cn1cc(Sc2ccc(C(F)(F)F)cc2N)cn1. The predicted octanol–water partition coefficient (Wildman–Crippen LogP) is 3.17. The van der Waals surface area contributed by atoms with Crippen LogP contribution in [0.15, 0.2) is 40.4 Å². The van der Waals surface area contributed by atoms with E-state index < -0.39 is 11.7 Å². The summed E-state index contributed by atoms with van der Waals surface area (Å²) in [6, 6.07) is 3.34. The molecule has 0 unspecified atom stereocenters. The summed E-state index contributed by atoms with van der Waals surface area (Å²) in [7, 11) is 1.76. The van der Waals surface area contributed by atoms with Gasteiger partial charge in [-0.05, 0) is 18.2 Å². The highest BCUT2D eigenvalue weighted by Crippen LogP contribution is 2.36. The van der Waals surface area contributed by atoms with Gasteiger partial charge in [0.1, 0.15) is 0 Å². The third kappa shape index (κ3) is 2.79. The highest BCUT2D eigenvalue weighted by molar-refractivity contribution is 7.99. The molecule has 0 bridgehead atoms. The van der Waals surface area contributed by atoms with Crippen LogP contribution in [0.4, 0.5) is 18.9 Å². The lowest BCUT2D eigenvalue weighted by Gasteiger charge is -2.09. The normalized spacial score (nSPS) is 11.8. The van der Waals surface area contributed by atoms with Crippen molar-refractivity contribution < 1.29 is 13.2 Å². The highest BCUT2D eigenvalue weighted by Gasteiger charge is 2.30. The number of benzene rings is 1. The predicted molar refractivity (Wildman–Crippen MR) is 63.2 cm³/mol. The number of aryl methyl sites for hydroxylation is 1. The maximum Gasteiger partial charge on any atom is 0.416 e. The topological polar surface area (TPSA) is 43.8 Å². The van der Waals surface area contributed by atoms with Gasteiger partial charge in [-0.25, -0.2) is 0 Å². The van der Waals surface area contributed by atoms with E-state index in [1.54, 1.807) is 24.1 Å². The fraction of sp³-hybridized carbons (Fsp3) is 0.182. The van der Waals surface area contributed by atoms with E-state index >= 15 is 0 Å². The monoisotopic (exact) mass is 273 g/mol. The third-order valence-electron chi connectivity index (χ3n) is 2.25. The molecule has 2 rings (SSSR count). The summed E-state index contributed by atoms with van der Waals surface area (Å²) in [6.45, 7) is 0. The van der Waals surface area contributed by atoms with E-state index in [4.69, 9.17) is 5.73 Å². The lowest BCUT2D eigenvalue weighted by atomic mass is 10.2. The summed E-state index contributed by atoms with van der Waals surface area (Å²) in [5.74, 6) is 0. The quantitative estimate of drug-likeness (QED) is 0.855. The molecular weight excluding hydrogens is 263 g/mol. The summed E-state index contributed by atoms with van der Waals surface area (Å²) in [5, 5.41) is 3.97. The molecular formula is C11H10F3N3S. The molecule has 3 nitrogen and oxygen atoms in total. The minimum atomic E-state index is -4.37. The Morgan fingerprint density at radius 3 is 2.56 bits per heavy atom. The molecule has 0 spiro atoms. The Morgan fingerprint density at radius 1 is 1.33 bits per heavy atom. The van der Waals surface area contributed by atoms with Crippen LogP contribution in [0, 0.1) is 0 Å². The number of nitrogens with zero attached hydrogens (tertiary/aromatic N) is 2. The Balaban J connectivity index is 2.25. The number of rotatable bonds is 2. The Kier molecular flexibility index (Phi) is 3.25. The fourth-order valence-corrected chi connectivity index (χ4v) is 2.27. The Labute approximate surface area is 106 Å². The average molecular weight is 273 g/mol. The van der Waals surface area contributed by atoms with Gasteiger partial charge in [0.25, 0.3) is 0 Å². The van der Waals surface area contributed by atoms with Crippen molar-refractivity contribution in [2.45, 2.75) is 16.0 Å². The number of alkyl halides is 3. The number of nitrogens with two attached hydrogens (primary N) is 1. The zero-order valence-corrected chi connectivity index (χ0v) is 10.2. The van der Waals surface area contributed by atoms with Crippen LogP contribution in [-0.4, -0.2) is 9.78 Å². The summed E-state index contributed by atoms with van der Waals surface area (Å²) < 4.78 is 39.0. The van der Waals surface area contributed by atoms with Crippen LogP contribution >= 0.6 is 11.8 Å². The first-order valence-electron chi connectivity index (χ1n) is 4.99. The van der Waals surface area contributed by atoms with E-state index in [0.717, 1.165) is 17.0 Å². The molecule has 0 atom stereocenters. The van der Waals surface area contributed by atoms with Gasteiger partial charge in [0, 0.05) is 23.8 Å². The van der Waals surface area contributed by atoms with Crippen LogP contribution in [0.1, 0.15) is 5.56 Å². The van der Waals surface area contributed by atoms with Crippen molar-refractivity contribution in [2.75, 3.05) is 5.73 Å². The van der Waals surface area contributed by atoms with Crippen molar-refractivity contribution in [3.05, 3.63) is 36.2 Å². The summed E-state index contributed by atoms with van der Waals surface area (Å²) in [4.78, 5) is 1.40. The fourth-order valence-electron chi connectivity index (χ4n) is 1.40. The number of anilines is 1. The minimum Gasteiger partial charge on any atom is -0.398 e. The van der Waals surface area contributed by atoms with Crippen LogP contribution in [0.25, 0.3) is 0 Å². The zero-order valence-electron chi connectivity index (χ0n) is 9.40. The highest BCUT2D eigenvalue weighted by atomic mass is 32.2. The summed E-state index contributed by atoms with van der Waals surface area (Å²) >= 11 is 1.28. The van der Waals surface area contributed by atoms with Crippen molar-refractivity contribution in [2.24, 2.45) is 7.05 Å². The maximum atomic E-state index is 12.5. The molecule has 96 valence electrons. The summed E-state index contributed by atoms with van der Waals surface area (Å²) in [6.07, 6.45) is -0.977. The lowest BCUT2D eigenvalue weighted by Crippen LogP contribution is -2.05. The van der Waals surface area contributed by atoms with E-state index in [9.17, 15) is 13.2 Å². The first-order chi connectivity index (χ1) is 8.36. The first kappa shape index (κ1) is 12.8. The van der Waals surface area contributed by atoms with Crippen molar-refractivity contribution in [3.63, 3.8) is 0 Å². The Morgan fingerprint density at radius 2 is 2.06 bits per heavy atom. The van der Waals surface area contributed by atoms with Gasteiger partial charge in [0.2, 0.25) is 0 Å². The molecule has 0 aliphatic rings. The van der Waals surface area contributed by atoms with Crippen LogP contribution in [-0.2, 0) is 13.2 Å². The van der Waals surface area contributed by atoms with Crippen LogP contribution in [0.3, 0.4) is 0 Å². The molecule has 1 aromatic carbocycles. The van der Waals surface area contributed by atoms with Gasteiger partial charge in [0.05, 0.1) is 16.7 Å². The second-order valence-electron chi connectivity index (χ2n) is 3.70. The molecule has 18 heavy (non-hydrogen) atoms. The van der Waals surface area contributed by atoms with Crippen molar-refractivity contribution in [3.8, 4) is 0 Å². The molecule has 1 aromatic heterocycles. The van der Waals surface area contributed by atoms with E-state index in [1.807, 2.05) is 0 Å². The first-order valence-corrected chi connectivity index (χ1v) is 5.81. The van der Waals surface area contributed by atoms with E-state index in [0.29, 0.717) is 4.90 Å². The average Bonchev–Trinajstić information content (AvgIpc) is 2.65. The molecule has 0 fully saturated rings. The molecule has 0 saturated heterocycles. The van der Waals surface area contributed by atoms with E-state index in [2.05, 4.69) is 5.10 Å². The molecule has 0 amide bonds. The van der Waals surface area contributed by atoms with Crippen molar-refractivity contribution in [1.29, 1.82) is 0 Å². The largest absolute Gasteiger partial charge is 0.416 e. The number of nitrogen functional groups attached to an aromatic ring is 1. The molecule has 0 aliphatic carbocycles. The molecule has 1 heterocycles. The number of halogens is 3. The maximum absolute atomic E-state index is 12.5. The Bertz CT molecular complexity index is 563. The molecule has 0 radical (unpaired) electrons. The third-order valence-corrected chi connectivity index (χ3v) is 3.28. The standard InChI is InChI=1S/C11H10F3N3S/c1-17-6-8(5-16-17)18-10-3-2-7(4-9(10)15)11(12,13)14/h2-6H,15H2,1H3. The second-order valence-corrected chi connectivity index (χ2v) is 4.82. The van der Waals surface area contributed by atoms with E-state index in [-0.39, 0.29) is 5.69 Å². The molecule has 0 aliphatic heterocycles. The smallest absolute Gasteiger partial charge is 0.398 e. The van der Waals surface area contributed by atoms with Crippen LogP contribution < -0.4 is 5.73 Å². The van der Waals surface area contributed by atoms with Crippen molar-refractivity contribution in [1.82, 2.24) is 9.78 Å². The number of aromatic nitrogens is 2. The van der Waals surface area contributed by atoms with Gasteiger partial charge in [-0.2, -0.15) is 18.3 Å². The zero-order chi connectivity index (χ0) is 13.3. The van der Waals surface area contributed by atoms with Crippen LogP contribution in [0.2, 0.25) is 0 Å². The Hall–Kier alpha value is -1.63. The second kappa shape index (κ2) is 4.56. The van der Waals surface area contributed by atoms with Gasteiger partial charge >= 0.3 is 6.18 Å². The van der Waals surface area contributed by atoms with Gasteiger partial charge < -0.3 is 5.73 Å². The lowest BCUT2D eigenvalue weighted by molar-refractivity contribution is -0.137. The van der Waals surface area contributed by atoms with Crippen molar-refractivity contribution >= 4 is 17.4 Å².